The van der Waals surface area contributed by atoms with Gasteiger partial charge in [-0.3, -0.25) is 9.59 Å². The summed E-state index contributed by atoms with van der Waals surface area (Å²) in [5.74, 6) is 0.295. The third-order valence-corrected chi connectivity index (χ3v) is 5.44. The van der Waals surface area contributed by atoms with Crippen molar-refractivity contribution in [3.63, 3.8) is 0 Å². The van der Waals surface area contributed by atoms with Crippen molar-refractivity contribution < 1.29 is 14.3 Å². The third-order valence-electron chi connectivity index (χ3n) is 4.91. The van der Waals surface area contributed by atoms with E-state index in [2.05, 4.69) is 0 Å². The van der Waals surface area contributed by atoms with E-state index in [0.29, 0.717) is 47.5 Å². The molecule has 154 valence electrons. The van der Waals surface area contributed by atoms with Crippen molar-refractivity contribution in [2.24, 2.45) is 0 Å². The quantitative estimate of drug-likeness (QED) is 0.714. The van der Waals surface area contributed by atoms with Crippen molar-refractivity contribution in [1.82, 2.24) is 9.80 Å². The number of benzene rings is 2. The molecule has 0 aliphatic carbocycles. The molecular weight excluding hydrogens is 411 g/mol. The molecule has 1 unspecified atom stereocenters. The first-order chi connectivity index (χ1) is 13.8. The number of carbonyl (C=O) groups is 2. The zero-order chi connectivity index (χ0) is 21.0. The molecule has 1 fully saturated rings. The summed E-state index contributed by atoms with van der Waals surface area (Å²) in [6.07, 6.45) is 0.0326. The van der Waals surface area contributed by atoms with Gasteiger partial charge in [0, 0.05) is 36.8 Å². The Morgan fingerprint density at radius 3 is 2.45 bits per heavy atom. The molecule has 29 heavy (non-hydrogen) atoms. The molecule has 0 N–H and O–H groups in total. The van der Waals surface area contributed by atoms with E-state index in [0.717, 1.165) is 12.0 Å². The second-order valence-electron chi connectivity index (χ2n) is 7.18. The molecular formula is C22H24Cl2N2O3. The van der Waals surface area contributed by atoms with Crippen LogP contribution in [-0.4, -0.2) is 53.9 Å². The molecule has 1 atom stereocenters. The van der Waals surface area contributed by atoms with Gasteiger partial charge in [0.1, 0.15) is 5.75 Å². The van der Waals surface area contributed by atoms with E-state index in [4.69, 9.17) is 27.9 Å². The number of nitrogens with zero attached hydrogens (tertiary/aromatic N) is 2. The minimum absolute atomic E-state index is 0.000225. The Kier molecular flexibility index (Phi) is 7.04. The molecule has 2 aromatic carbocycles. The zero-order valence-corrected chi connectivity index (χ0v) is 18.0. The van der Waals surface area contributed by atoms with Crippen LogP contribution >= 0.6 is 23.2 Å². The predicted octanol–water partition coefficient (Wildman–Crippen LogP) is 4.44. The third kappa shape index (κ3) is 5.43. The number of rotatable bonds is 4. The van der Waals surface area contributed by atoms with Crippen molar-refractivity contribution in [3.8, 4) is 5.75 Å². The van der Waals surface area contributed by atoms with Crippen LogP contribution in [0.5, 0.6) is 5.75 Å². The van der Waals surface area contributed by atoms with Crippen LogP contribution in [-0.2, 0) is 4.79 Å². The molecule has 3 rings (SSSR count). The number of amides is 2. The Hall–Kier alpha value is -2.24. The smallest absolute Gasteiger partial charge is 0.263 e. The van der Waals surface area contributed by atoms with E-state index in [9.17, 15) is 9.59 Å². The monoisotopic (exact) mass is 434 g/mol. The predicted molar refractivity (Wildman–Crippen MR) is 115 cm³/mol. The van der Waals surface area contributed by atoms with Gasteiger partial charge in [0.2, 0.25) is 0 Å². The fraction of sp³-hybridized carbons (Fsp3) is 0.364. The van der Waals surface area contributed by atoms with E-state index < -0.39 is 6.10 Å². The average molecular weight is 435 g/mol. The number of hydrogen-bond donors (Lipinski definition) is 0. The maximum Gasteiger partial charge on any atom is 0.263 e. The van der Waals surface area contributed by atoms with Gasteiger partial charge in [-0.25, -0.2) is 0 Å². The maximum absolute atomic E-state index is 12.9. The molecule has 0 saturated carbocycles. The fourth-order valence-electron chi connectivity index (χ4n) is 3.37. The van der Waals surface area contributed by atoms with Crippen LogP contribution in [0.1, 0.15) is 29.3 Å². The molecule has 1 saturated heterocycles. The fourth-order valence-corrected chi connectivity index (χ4v) is 3.82. The normalized spacial score (nSPS) is 15.6. The van der Waals surface area contributed by atoms with E-state index in [1.165, 1.54) is 0 Å². The highest BCUT2D eigenvalue weighted by Crippen LogP contribution is 2.28. The lowest BCUT2D eigenvalue weighted by atomic mass is 10.1. The number of ether oxygens (including phenoxy) is 1. The van der Waals surface area contributed by atoms with Crippen LogP contribution in [0.3, 0.4) is 0 Å². The Morgan fingerprint density at radius 2 is 1.72 bits per heavy atom. The summed E-state index contributed by atoms with van der Waals surface area (Å²) in [7, 11) is 0. The van der Waals surface area contributed by atoms with Crippen molar-refractivity contribution in [3.05, 3.63) is 63.6 Å². The lowest BCUT2D eigenvalue weighted by Crippen LogP contribution is -2.43. The number of hydrogen-bond acceptors (Lipinski definition) is 3. The van der Waals surface area contributed by atoms with Crippen molar-refractivity contribution in [2.75, 3.05) is 26.2 Å². The van der Waals surface area contributed by atoms with Crippen LogP contribution < -0.4 is 4.74 Å². The first-order valence-electron chi connectivity index (χ1n) is 9.61. The molecule has 1 aliphatic rings. The van der Waals surface area contributed by atoms with Crippen LogP contribution in [0.4, 0.5) is 0 Å². The minimum Gasteiger partial charge on any atom is -0.479 e. The molecule has 0 spiro atoms. The summed E-state index contributed by atoms with van der Waals surface area (Å²) < 4.78 is 5.75. The molecule has 0 aromatic heterocycles. The molecule has 0 bridgehead atoms. The lowest BCUT2D eigenvalue weighted by Gasteiger charge is -2.25. The molecule has 7 heteroatoms. The van der Waals surface area contributed by atoms with Gasteiger partial charge < -0.3 is 14.5 Å². The van der Waals surface area contributed by atoms with Crippen molar-refractivity contribution in [1.29, 1.82) is 0 Å². The molecule has 1 aliphatic heterocycles. The number of aryl methyl sites for hydroxylation is 1. The molecule has 5 nitrogen and oxygen atoms in total. The Balaban J connectivity index is 1.60. The van der Waals surface area contributed by atoms with Crippen LogP contribution in [0, 0.1) is 6.92 Å². The van der Waals surface area contributed by atoms with Crippen LogP contribution in [0.15, 0.2) is 42.5 Å². The lowest BCUT2D eigenvalue weighted by molar-refractivity contribution is -0.137. The zero-order valence-electron chi connectivity index (χ0n) is 16.5. The van der Waals surface area contributed by atoms with Gasteiger partial charge in [-0.05, 0) is 50.6 Å². The van der Waals surface area contributed by atoms with Crippen molar-refractivity contribution >= 4 is 35.0 Å². The van der Waals surface area contributed by atoms with E-state index in [1.807, 2.05) is 36.1 Å². The summed E-state index contributed by atoms with van der Waals surface area (Å²) >= 11 is 12.0. The van der Waals surface area contributed by atoms with Crippen LogP contribution in [0.2, 0.25) is 10.0 Å². The highest BCUT2D eigenvalue weighted by atomic mass is 35.5. The molecule has 2 aromatic rings. The van der Waals surface area contributed by atoms with Gasteiger partial charge in [0.15, 0.2) is 6.10 Å². The van der Waals surface area contributed by atoms with Gasteiger partial charge in [0.05, 0.1) is 5.02 Å². The van der Waals surface area contributed by atoms with Crippen molar-refractivity contribution in [2.45, 2.75) is 26.4 Å². The number of halogens is 2. The second kappa shape index (κ2) is 9.51. The summed E-state index contributed by atoms with van der Waals surface area (Å²) in [4.78, 5) is 29.2. The van der Waals surface area contributed by atoms with Gasteiger partial charge >= 0.3 is 0 Å². The molecule has 1 heterocycles. The summed E-state index contributed by atoms with van der Waals surface area (Å²) in [6.45, 7) is 5.83. The standard InChI is InChI=1S/C22H24Cl2N2O3/c1-15-5-3-6-17(13-15)22(28)26-10-4-9-25(11-12-26)21(27)16(2)29-20-8-7-18(23)14-19(20)24/h3,5-8,13-14,16H,4,9-12H2,1-2H3. The van der Waals surface area contributed by atoms with Gasteiger partial charge in [-0.1, -0.05) is 40.9 Å². The Labute approximate surface area is 181 Å². The van der Waals surface area contributed by atoms with Gasteiger partial charge in [-0.15, -0.1) is 0 Å². The van der Waals surface area contributed by atoms with Gasteiger partial charge in [-0.2, -0.15) is 0 Å². The summed E-state index contributed by atoms with van der Waals surface area (Å²) in [5.41, 5.74) is 1.73. The molecule has 0 radical (unpaired) electrons. The summed E-state index contributed by atoms with van der Waals surface area (Å²) in [6, 6.07) is 12.5. The maximum atomic E-state index is 12.9. The average Bonchev–Trinajstić information content (AvgIpc) is 2.95. The van der Waals surface area contributed by atoms with Gasteiger partial charge in [0.25, 0.3) is 11.8 Å². The van der Waals surface area contributed by atoms with E-state index in [-0.39, 0.29) is 11.8 Å². The SMILES string of the molecule is Cc1cccc(C(=O)N2CCCN(C(=O)C(C)Oc3ccc(Cl)cc3Cl)CC2)c1. The Morgan fingerprint density at radius 1 is 1.00 bits per heavy atom. The topological polar surface area (TPSA) is 49.9 Å². The van der Waals surface area contributed by atoms with Crippen LogP contribution in [0.25, 0.3) is 0 Å². The number of carbonyl (C=O) groups excluding carboxylic acids is 2. The van der Waals surface area contributed by atoms with E-state index >= 15 is 0 Å². The first kappa shape index (κ1) is 21.5. The van der Waals surface area contributed by atoms with E-state index in [1.54, 1.807) is 30.0 Å². The highest BCUT2D eigenvalue weighted by Gasteiger charge is 2.27. The first-order valence-corrected chi connectivity index (χ1v) is 10.4. The largest absolute Gasteiger partial charge is 0.479 e. The minimum atomic E-state index is -0.687. The highest BCUT2D eigenvalue weighted by molar-refractivity contribution is 6.35. The second-order valence-corrected chi connectivity index (χ2v) is 8.02. The summed E-state index contributed by atoms with van der Waals surface area (Å²) in [5, 5.41) is 0.871. The Bertz CT molecular complexity index is 903. The molecule has 2 amide bonds.